The molecule has 1 amide bonds. The van der Waals surface area contributed by atoms with E-state index in [2.05, 4.69) is 0 Å². The summed E-state index contributed by atoms with van der Waals surface area (Å²) in [5.41, 5.74) is 9.81. The van der Waals surface area contributed by atoms with Crippen molar-refractivity contribution in [3.05, 3.63) is 94.0 Å². The van der Waals surface area contributed by atoms with Gasteiger partial charge in [-0.15, -0.1) is 0 Å². The van der Waals surface area contributed by atoms with Gasteiger partial charge in [0.15, 0.2) is 0 Å². The molecule has 0 aliphatic carbocycles. The molecule has 0 spiro atoms. The van der Waals surface area contributed by atoms with Crippen molar-refractivity contribution >= 4 is 29.9 Å². The number of hydrogen-bond acceptors (Lipinski definition) is 3. The van der Waals surface area contributed by atoms with Crippen LogP contribution in [0.4, 0.5) is 0 Å². The van der Waals surface area contributed by atoms with E-state index in [1.165, 1.54) is 6.08 Å². The number of carbonyl (C=O) groups excluding carboxylic acids is 2. The molecule has 0 atom stereocenters. The van der Waals surface area contributed by atoms with Crippen LogP contribution in [-0.4, -0.2) is 17.3 Å². The summed E-state index contributed by atoms with van der Waals surface area (Å²) in [5, 5.41) is 10.5. The van der Waals surface area contributed by atoms with Gasteiger partial charge >= 0.3 is 0 Å². The fourth-order valence-electron chi connectivity index (χ4n) is 3.19. The minimum absolute atomic E-state index is 0.134. The second kappa shape index (κ2) is 8.55. The first-order chi connectivity index (χ1) is 13.5. The highest BCUT2D eigenvalue weighted by Gasteiger charge is 2.17. The maximum Gasteiger partial charge on any atom is 0.249 e. The zero-order chi connectivity index (χ0) is 20.1. The second-order valence-corrected chi connectivity index (χ2v) is 6.71. The van der Waals surface area contributed by atoms with Crippen LogP contribution in [0.15, 0.2) is 66.7 Å². The van der Waals surface area contributed by atoms with Gasteiger partial charge in [-0.05, 0) is 70.6 Å². The first-order valence-corrected chi connectivity index (χ1v) is 8.98. The number of aldehydes is 1. The number of amides is 1. The number of phenolic OH excluding ortho intramolecular Hbond substituents is 1. The number of benzene rings is 3. The van der Waals surface area contributed by atoms with Crippen LogP contribution >= 0.6 is 11.6 Å². The summed E-state index contributed by atoms with van der Waals surface area (Å²) in [4.78, 5) is 22.9. The van der Waals surface area contributed by atoms with Crippen LogP contribution in [-0.2, 0) is 11.2 Å². The summed E-state index contributed by atoms with van der Waals surface area (Å²) in [6.07, 6.45) is 4.02. The number of phenols is 1. The number of allylic oxidation sites excluding steroid dienone is 1. The molecule has 0 radical (unpaired) electrons. The molecule has 3 N–H and O–H groups in total. The van der Waals surface area contributed by atoms with Crippen LogP contribution in [0.25, 0.3) is 17.2 Å². The predicted octanol–water partition coefficient (Wildman–Crippen LogP) is 4.61. The molecule has 0 heterocycles. The Morgan fingerprint density at radius 2 is 1.86 bits per heavy atom. The number of carbonyl (C=O) groups is 2. The molecule has 5 heteroatoms. The molecule has 3 aromatic carbocycles. The Labute approximate surface area is 167 Å². The van der Waals surface area contributed by atoms with Crippen molar-refractivity contribution in [3.8, 4) is 16.9 Å². The standard InChI is InChI=1S/C23H18ClNO3/c24-17-6-1-4-15(12-17)13-22-19(16-5-2-7-18(27)14-16)9-10-21(23(25)28)20(22)8-3-11-26/h1-12,14,27H,13H2,(H2,25,28). The van der Waals surface area contributed by atoms with Gasteiger partial charge in [0.05, 0.1) is 0 Å². The monoisotopic (exact) mass is 391 g/mol. The summed E-state index contributed by atoms with van der Waals surface area (Å²) in [7, 11) is 0. The first-order valence-electron chi connectivity index (χ1n) is 8.61. The highest BCUT2D eigenvalue weighted by atomic mass is 35.5. The average molecular weight is 392 g/mol. The van der Waals surface area contributed by atoms with Gasteiger partial charge in [-0.3, -0.25) is 9.59 Å². The molecule has 3 rings (SSSR count). The smallest absolute Gasteiger partial charge is 0.249 e. The van der Waals surface area contributed by atoms with Crippen molar-refractivity contribution < 1.29 is 14.7 Å². The molecule has 3 aromatic rings. The third-order valence-electron chi connectivity index (χ3n) is 4.39. The maximum atomic E-state index is 12.0. The van der Waals surface area contributed by atoms with Crippen LogP contribution in [0, 0.1) is 0 Å². The quantitative estimate of drug-likeness (QED) is 0.475. The molecule has 0 unspecified atom stereocenters. The van der Waals surface area contributed by atoms with Crippen molar-refractivity contribution in [2.45, 2.75) is 6.42 Å². The number of primary amides is 1. The van der Waals surface area contributed by atoms with Gasteiger partial charge in [0, 0.05) is 10.6 Å². The fraction of sp³-hybridized carbons (Fsp3) is 0.0435. The van der Waals surface area contributed by atoms with E-state index in [1.807, 2.05) is 24.3 Å². The van der Waals surface area contributed by atoms with Gasteiger partial charge in [0.1, 0.15) is 12.0 Å². The van der Waals surface area contributed by atoms with Gasteiger partial charge in [-0.25, -0.2) is 0 Å². The SMILES string of the molecule is NC(=O)c1ccc(-c2cccc(O)c2)c(Cc2cccc(Cl)c2)c1C=CC=O. The van der Waals surface area contributed by atoms with E-state index in [4.69, 9.17) is 17.3 Å². The summed E-state index contributed by atoms with van der Waals surface area (Å²) < 4.78 is 0. The fourth-order valence-corrected chi connectivity index (χ4v) is 3.40. The van der Waals surface area contributed by atoms with E-state index in [-0.39, 0.29) is 5.75 Å². The van der Waals surface area contributed by atoms with Crippen molar-refractivity contribution in [2.75, 3.05) is 0 Å². The third-order valence-corrected chi connectivity index (χ3v) is 4.63. The van der Waals surface area contributed by atoms with Gasteiger partial charge in [-0.2, -0.15) is 0 Å². The van der Waals surface area contributed by atoms with Crippen molar-refractivity contribution in [1.29, 1.82) is 0 Å². The normalized spacial score (nSPS) is 10.9. The molecule has 0 bridgehead atoms. The van der Waals surface area contributed by atoms with Crippen molar-refractivity contribution in [3.63, 3.8) is 0 Å². The summed E-state index contributed by atoms with van der Waals surface area (Å²) >= 11 is 6.13. The minimum Gasteiger partial charge on any atom is -0.508 e. The zero-order valence-corrected chi connectivity index (χ0v) is 15.7. The Morgan fingerprint density at radius 3 is 2.54 bits per heavy atom. The molecule has 4 nitrogen and oxygen atoms in total. The maximum absolute atomic E-state index is 12.0. The average Bonchev–Trinajstić information content (AvgIpc) is 2.66. The molecule has 140 valence electrons. The van der Waals surface area contributed by atoms with Crippen molar-refractivity contribution in [2.24, 2.45) is 5.73 Å². The number of rotatable bonds is 6. The van der Waals surface area contributed by atoms with E-state index < -0.39 is 5.91 Å². The van der Waals surface area contributed by atoms with E-state index in [9.17, 15) is 14.7 Å². The Morgan fingerprint density at radius 1 is 1.07 bits per heavy atom. The van der Waals surface area contributed by atoms with E-state index in [0.717, 1.165) is 22.3 Å². The Hall–Kier alpha value is -3.37. The zero-order valence-electron chi connectivity index (χ0n) is 14.9. The first kappa shape index (κ1) is 19.4. The molecule has 0 saturated heterocycles. The van der Waals surface area contributed by atoms with Crippen LogP contribution in [0.2, 0.25) is 5.02 Å². The highest BCUT2D eigenvalue weighted by molar-refractivity contribution is 6.30. The van der Waals surface area contributed by atoms with Gasteiger partial charge in [0.25, 0.3) is 0 Å². The lowest BCUT2D eigenvalue weighted by Crippen LogP contribution is -2.14. The second-order valence-electron chi connectivity index (χ2n) is 6.27. The highest BCUT2D eigenvalue weighted by Crippen LogP contribution is 2.33. The van der Waals surface area contributed by atoms with Crippen LogP contribution < -0.4 is 5.73 Å². The molecule has 0 aliphatic rings. The number of aromatic hydroxyl groups is 1. The van der Waals surface area contributed by atoms with E-state index >= 15 is 0 Å². The van der Waals surface area contributed by atoms with Gasteiger partial charge in [0.2, 0.25) is 5.91 Å². The minimum atomic E-state index is -0.583. The lowest BCUT2D eigenvalue weighted by atomic mass is 9.87. The number of nitrogens with two attached hydrogens (primary N) is 1. The van der Waals surface area contributed by atoms with Crippen molar-refractivity contribution in [1.82, 2.24) is 0 Å². The molecule has 0 aliphatic heterocycles. The number of halogens is 1. The van der Waals surface area contributed by atoms with Gasteiger partial charge < -0.3 is 10.8 Å². The Kier molecular flexibility index (Phi) is 5.92. The summed E-state index contributed by atoms with van der Waals surface area (Å²) in [5.74, 6) is -0.449. The summed E-state index contributed by atoms with van der Waals surface area (Å²) in [6.45, 7) is 0. The Balaban J connectivity index is 2.28. The predicted molar refractivity (Wildman–Crippen MR) is 111 cm³/mol. The van der Waals surface area contributed by atoms with Crippen LogP contribution in [0.3, 0.4) is 0 Å². The molecule has 0 aromatic heterocycles. The summed E-state index contributed by atoms with van der Waals surface area (Å²) in [6, 6.07) is 17.7. The van der Waals surface area contributed by atoms with Crippen LogP contribution in [0.5, 0.6) is 5.75 Å². The van der Waals surface area contributed by atoms with Crippen LogP contribution in [0.1, 0.15) is 27.0 Å². The molecule has 0 fully saturated rings. The lowest BCUT2D eigenvalue weighted by Gasteiger charge is -2.17. The molecule has 0 saturated carbocycles. The Bertz CT molecular complexity index is 1070. The molecular formula is C23H18ClNO3. The van der Waals surface area contributed by atoms with Gasteiger partial charge in [-0.1, -0.05) is 48.0 Å². The molecular weight excluding hydrogens is 374 g/mol. The third kappa shape index (κ3) is 4.30. The molecule has 28 heavy (non-hydrogen) atoms. The largest absolute Gasteiger partial charge is 0.508 e. The lowest BCUT2D eigenvalue weighted by molar-refractivity contribution is -0.104. The number of hydrogen-bond donors (Lipinski definition) is 2. The topological polar surface area (TPSA) is 80.4 Å². The van der Waals surface area contributed by atoms with E-state index in [0.29, 0.717) is 28.9 Å². The van der Waals surface area contributed by atoms with E-state index in [1.54, 1.807) is 42.5 Å².